The Morgan fingerprint density at radius 3 is 2.17 bits per heavy atom. The summed E-state index contributed by atoms with van der Waals surface area (Å²) in [5, 5.41) is 6.44. The minimum atomic E-state index is 0. The maximum Gasteiger partial charge on any atom is 0.228 e. The van der Waals surface area contributed by atoms with Crippen molar-refractivity contribution in [3.8, 4) is 0 Å². The van der Waals surface area contributed by atoms with E-state index in [0.29, 0.717) is 0 Å². The van der Waals surface area contributed by atoms with E-state index in [1.165, 1.54) is 5.69 Å². The Morgan fingerprint density at radius 1 is 0.966 bits per heavy atom. The molecule has 0 spiro atoms. The van der Waals surface area contributed by atoms with Gasteiger partial charge in [-0.2, -0.15) is 0 Å². The highest BCUT2D eigenvalue weighted by Crippen LogP contribution is 2.32. The number of rotatable bonds is 4. The lowest BCUT2D eigenvalue weighted by atomic mass is 10.1. The molecule has 3 heterocycles. The van der Waals surface area contributed by atoms with Gasteiger partial charge in [0, 0.05) is 38.4 Å². The lowest BCUT2D eigenvalue weighted by Gasteiger charge is -2.33. The van der Waals surface area contributed by atoms with Crippen LogP contribution in [0.4, 0.5) is 17.1 Å². The van der Waals surface area contributed by atoms with E-state index in [9.17, 15) is 4.79 Å². The minimum Gasteiger partial charge on any atom is -0.378 e. The van der Waals surface area contributed by atoms with Gasteiger partial charge in [0.25, 0.3) is 0 Å². The van der Waals surface area contributed by atoms with Crippen molar-refractivity contribution in [2.24, 2.45) is 5.92 Å². The first-order valence-electron chi connectivity index (χ1n) is 9.62. The summed E-state index contributed by atoms with van der Waals surface area (Å²) in [6, 6.07) is 6.37. The number of morpholine rings is 2. The van der Waals surface area contributed by atoms with Crippen LogP contribution in [-0.4, -0.2) is 71.6 Å². The van der Waals surface area contributed by atoms with Gasteiger partial charge in [0.05, 0.1) is 43.7 Å². The van der Waals surface area contributed by atoms with Crippen LogP contribution in [0.25, 0.3) is 0 Å². The molecule has 1 atom stereocenters. The first-order chi connectivity index (χ1) is 12.8. The molecule has 166 valence electrons. The van der Waals surface area contributed by atoms with E-state index in [0.717, 1.165) is 83.5 Å². The topological polar surface area (TPSA) is 66.1 Å². The summed E-state index contributed by atoms with van der Waals surface area (Å²) in [6.07, 6.45) is 0.907. The van der Waals surface area contributed by atoms with Crippen LogP contribution < -0.4 is 20.4 Å². The van der Waals surface area contributed by atoms with Crippen LogP contribution in [0.2, 0.25) is 0 Å². The third kappa shape index (κ3) is 6.51. The molecular weight excluding hydrogens is 439 g/mol. The molecule has 10 heteroatoms. The molecule has 29 heavy (non-hydrogen) atoms. The van der Waals surface area contributed by atoms with E-state index in [1.54, 1.807) is 0 Å². The average Bonchev–Trinajstić information content (AvgIpc) is 3.25. The Balaban J connectivity index is 0.00000140. The van der Waals surface area contributed by atoms with Crippen molar-refractivity contribution < 1.29 is 14.3 Å². The van der Waals surface area contributed by atoms with Crippen LogP contribution in [-0.2, 0) is 14.3 Å². The van der Waals surface area contributed by atoms with Crippen LogP contribution in [0.1, 0.15) is 6.42 Å². The van der Waals surface area contributed by atoms with Crippen LogP contribution >= 0.6 is 37.2 Å². The largest absolute Gasteiger partial charge is 0.378 e. The monoisotopic (exact) mass is 468 g/mol. The number of nitrogens with zero attached hydrogens (tertiary/aromatic N) is 2. The van der Waals surface area contributed by atoms with E-state index in [4.69, 9.17) is 9.47 Å². The van der Waals surface area contributed by atoms with Gasteiger partial charge in [-0.1, -0.05) is 0 Å². The lowest BCUT2D eigenvalue weighted by Crippen LogP contribution is -2.38. The Bertz CT molecular complexity index is 635. The van der Waals surface area contributed by atoms with E-state index in [1.807, 2.05) is 0 Å². The first-order valence-corrected chi connectivity index (χ1v) is 9.62. The van der Waals surface area contributed by atoms with Crippen LogP contribution in [0.15, 0.2) is 18.2 Å². The Kier molecular flexibility index (Phi) is 11.4. The number of carbonyl (C=O) groups excluding carboxylic acids is 1. The first kappa shape index (κ1) is 26.1. The number of carbonyl (C=O) groups is 1. The van der Waals surface area contributed by atoms with Gasteiger partial charge in [0.2, 0.25) is 5.91 Å². The van der Waals surface area contributed by atoms with Gasteiger partial charge in [0.15, 0.2) is 0 Å². The zero-order valence-electron chi connectivity index (χ0n) is 16.4. The van der Waals surface area contributed by atoms with Crippen molar-refractivity contribution in [1.29, 1.82) is 0 Å². The second-order valence-corrected chi connectivity index (χ2v) is 7.08. The number of nitrogens with one attached hydrogen (secondary N) is 2. The summed E-state index contributed by atoms with van der Waals surface area (Å²) in [5.74, 6) is 0.176. The lowest BCUT2D eigenvalue weighted by molar-refractivity contribution is -0.119. The molecule has 0 radical (unpaired) electrons. The molecule has 0 saturated carbocycles. The minimum absolute atomic E-state index is 0. The van der Waals surface area contributed by atoms with Gasteiger partial charge in [0.1, 0.15) is 0 Å². The van der Waals surface area contributed by atoms with E-state index < -0.39 is 0 Å². The normalized spacial score (nSPS) is 21.4. The Morgan fingerprint density at radius 2 is 1.59 bits per heavy atom. The summed E-state index contributed by atoms with van der Waals surface area (Å²) in [6.45, 7) is 8.17. The summed E-state index contributed by atoms with van der Waals surface area (Å²) in [5.41, 5.74) is 3.19. The standard InChI is InChI=1S/C19H28N4O3.3ClH/c24-19(15-3-4-20-14-15)21-17-2-1-16(22-5-9-25-10-6-22)13-18(17)23-7-11-26-12-8-23;;;/h1-2,13,15,20H,3-12,14H2,(H,21,24);3*1H. The molecule has 0 aromatic heterocycles. The molecule has 0 aliphatic carbocycles. The molecule has 1 aromatic rings. The molecule has 1 amide bonds. The fraction of sp³-hybridized carbons (Fsp3) is 0.632. The molecule has 3 fully saturated rings. The van der Waals surface area contributed by atoms with Gasteiger partial charge in [-0.05, 0) is 31.2 Å². The highest BCUT2D eigenvalue weighted by Gasteiger charge is 2.25. The Hall–Kier alpha value is -0.960. The highest BCUT2D eigenvalue weighted by molar-refractivity contribution is 5.96. The zero-order valence-corrected chi connectivity index (χ0v) is 18.9. The number of halogens is 3. The van der Waals surface area contributed by atoms with Crippen molar-refractivity contribution in [3.63, 3.8) is 0 Å². The second kappa shape index (κ2) is 12.7. The molecule has 3 aliphatic rings. The predicted octanol–water partition coefficient (Wildman–Crippen LogP) is 2.17. The molecule has 0 bridgehead atoms. The molecule has 1 aromatic carbocycles. The van der Waals surface area contributed by atoms with E-state index in [-0.39, 0.29) is 49.0 Å². The molecule has 3 saturated heterocycles. The average molecular weight is 470 g/mol. The quantitative estimate of drug-likeness (QED) is 0.705. The van der Waals surface area contributed by atoms with Gasteiger partial charge < -0.3 is 29.9 Å². The number of hydrogen-bond donors (Lipinski definition) is 2. The van der Waals surface area contributed by atoms with Crippen molar-refractivity contribution in [2.75, 3.05) is 80.8 Å². The summed E-state index contributed by atoms with van der Waals surface area (Å²) >= 11 is 0. The number of anilines is 3. The maximum absolute atomic E-state index is 12.6. The Labute approximate surface area is 191 Å². The second-order valence-electron chi connectivity index (χ2n) is 7.08. The SMILES string of the molecule is Cl.Cl.Cl.O=C(Nc1ccc(N2CCOCC2)cc1N1CCOCC1)C1CCNC1. The van der Waals surface area contributed by atoms with Crippen molar-refractivity contribution in [1.82, 2.24) is 5.32 Å². The number of hydrogen-bond acceptors (Lipinski definition) is 6. The third-order valence-corrected chi connectivity index (χ3v) is 5.40. The highest BCUT2D eigenvalue weighted by atomic mass is 35.5. The van der Waals surface area contributed by atoms with Crippen molar-refractivity contribution in [3.05, 3.63) is 18.2 Å². The van der Waals surface area contributed by atoms with Crippen LogP contribution in [0.3, 0.4) is 0 Å². The number of ether oxygens (including phenoxy) is 2. The van der Waals surface area contributed by atoms with Gasteiger partial charge in [-0.25, -0.2) is 0 Å². The fourth-order valence-corrected chi connectivity index (χ4v) is 3.82. The smallest absolute Gasteiger partial charge is 0.228 e. The molecule has 2 N–H and O–H groups in total. The molecule has 7 nitrogen and oxygen atoms in total. The van der Waals surface area contributed by atoms with E-state index in [2.05, 4.69) is 38.6 Å². The van der Waals surface area contributed by atoms with E-state index >= 15 is 0 Å². The molecular formula is C19H31Cl3N4O3. The maximum atomic E-state index is 12.6. The predicted molar refractivity (Wildman–Crippen MR) is 124 cm³/mol. The van der Waals surface area contributed by atoms with Crippen LogP contribution in [0, 0.1) is 5.92 Å². The summed E-state index contributed by atoms with van der Waals surface area (Å²) in [4.78, 5) is 17.3. The van der Waals surface area contributed by atoms with Crippen molar-refractivity contribution in [2.45, 2.75) is 6.42 Å². The molecule has 1 unspecified atom stereocenters. The number of benzene rings is 1. The summed E-state index contributed by atoms with van der Waals surface area (Å²) in [7, 11) is 0. The van der Waals surface area contributed by atoms with Crippen LogP contribution in [0.5, 0.6) is 0 Å². The van der Waals surface area contributed by atoms with Gasteiger partial charge >= 0.3 is 0 Å². The molecule has 4 rings (SSSR count). The van der Waals surface area contributed by atoms with Gasteiger partial charge in [-0.15, -0.1) is 37.2 Å². The van der Waals surface area contributed by atoms with Gasteiger partial charge in [-0.3, -0.25) is 4.79 Å². The third-order valence-electron chi connectivity index (χ3n) is 5.40. The molecule has 3 aliphatic heterocycles. The summed E-state index contributed by atoms with van der Waals surface area (Å²) < 4.78 is 11.0. The fourth-order valence-electron chi connectivity index (χ4n) is 3.82. The number of amides is 1. The van der Waals surface area contributed by atoms with Crippen molar-refractivity contribution >= 4 is 60.2 Å². The zero-order chi connectivity index (χ0) is 17.8.